The summed E-state index contributed by atoms with van der Waals surface area (Å²) in [6.07, 6.45) is 1.67. The average Bonchev–Trinajstić information content (AvgIpc) is 2.78. The second kappa shape index (κ2) is 5.83. The van der Waals surface area contributed by atoms with Crippen molar-refractivity contribution in [2.75, 3.05) is 0 Å². The van der Waals surface area contributed by atoms with Crippen molar-refractivity contribution in [3.8, 4) is 5.69 Å². The fraction of sp³-hybridized carbons (Fsp3) is 0. The zero-order valence-corrected chi connectivity index (χ0v) is 10.2. The zero-order chi connectivity index (χ0) is 12.3. The van der Waals surface area contributed by atoms with E-state index in [-0.39, 0.29) is 24.1 Å². The van der Waals surface area contributed by atoms with Crippen LogP contribution in [-0.4, -0.2) is 21.6 Å². The molecule has 18 heavy (non-hydrogen) atoms. The predicted octanol–water partition coefficient (Wildman–Crippen LogP) is 0.708. The summed E-state index contributed by atoms with van der Waals surface area (Å²) in [6, 6.07) is 11.0. The van der Waals surface area contributed by atoms with Crippen LogP contribution in [0.2, 0.25) is 0 Å². The molecule has 4 N–H and O–H groups in total. The molecule has 0 atom stereocenters. The van der Waals surface area contributed by atoms with Crippen molar-refractivity contribution < 1.29 is 4.79 Å². The molecular formula is C11H12ClN5O. The number of guanidine groups is 1. The van der Waals surface area contributed by atoms with Crippen LogP contribution in [0.15, 0.2) is 47.6 Å². The predicted molar refractivity (Wildman–Crippen MR) is 71.0 cm³/mol. The molecule has 0 aliphatic heterocycles. The van der Waals surface area contributed by atoms with Crippen LogP contribution in [0.25, 0.3) is 5.69 Å². The monoisotopic (exact) mass is 265 g/mol. The van der Waals surface area contributed by atoms with Gasteiger partial charge >= 0.3 is 5.91 Å². The highest BCUT2D eigenvalue weighted by atomic mass is 35.5. The largest absolute Gasteiger partial charge is 0.370 e. The summed E-state index contributed by atoms with van der Waals surface area (Å²) >= 11 is 0. The van der Waals surface area contributed by atoms with Crippen molar-refractivity contribution in [2.45, 2.75) is 0 Å². The molecule has 0 spiro atoms. The van der Waals surface area contributed by atoms with Gasteiger partial charge in [-0.3, -0.25) is 4.79 Å². The number of hydrogen-bond acceptors (Lipinski definition) is 2. The molecule has 0 aliphatic rings. The van der Waals surface area contributed by atoms with Crippen molar-refractivity contribution >= 4 is 24.3 Å². The number of carbonyl (C=O) groups is 1. The van der Waals surface area contributed by atoms with Crippen molar-refractivity contribution in [1.82, 2.24) is 9.78 Å². The number of hydrogen-bond donors (Lipinski definition) is 2. The van der Waals surface area contributed by atoms with Crippen LogP contribution >= 0.6 is 12.4 Å². The lowest BCUT2D eigenvalue weighted by molar-refractivity contribution is 0.0997. The van der Waals surface area contributed by atoms with Gasteiger partial charge in [0.25, 0.3) is 0 Å². The number of nitrogens with zero attached hydrogens (tertiary/aromatic N) is 3. The Morgan fingerprint density at radius 2 is 1.83 bits per heavy atom. The smallest absolute Gasteiger partial charge is 0.300 e. The van der Waals surface area contributed by atoms with Gasteiger partial charge in [0.1, 0.15) is 0 Å². The number of rotatable bonds is 2. The van der Waals surface area contributed by atoms with Crippen LogP contribution in [-0.2, 0) is 0 Å². The van der Waals surface area contributed by atoms with Crippen LogP contribution in [0.5, 0.6) is 0 Å². The van der Waals surface area contributed by atoms with E-state index in [0.717, 1.165) is 5.69 Å². The van der Waals surface area contributed by atoms with Gasteiger partial charge in [0.05, 0.1) is 5.69 Å². The third-order valence-corrected chi connectivity index (χ3v) is 2.06. The van der Waals surface area contributed by atoms with E-state index in [4.69, 9.17) is 11.5 Å². The maximum absolute atomic E-state index is 11.5. The number of halogens is 1. The van der Waals surface area contributed by atoms with Crippen LogP contribution in [0.3, 0.4) is 0 Å². The highest BCUT2D eigenvalue weighted by Gasteiger charge is 2.09. The maximum Gasteiger partial charge on any atom is 0.300 e. The highest BCUT2D eigenvalue weighted by Crippen LogP contribution is 2.07. The van der Waals surface area contributed by atoms with E-state index in [2.05, 4.69) is 10.1 Å². The first kappa shape index (κ1) is 13.7. The van der Waals surface area contributed by atoms with Crippen LogP contribution in [0, 0.1) is 0 Å². The molecule has 0 unspecified atom stereocenters. The minimum atomic E-state index is -0.556. The molecule has 0 saturated heterocycles. The Bertz CT molecular complexity index is 560. The lowest BCUT2D eigenvalue weighted by atomic mass is 10.3. The molecule has 0 fully saturated rings. The number of benzene rings is 1. The summed E-state index contributed by atoms with van der Waals surface area (Å²) in [7, 11) is 0. The van der Waals surface area contributed by atoms with E-state index < -0.39 is 5.91 Å². The summed E-state index contributed by atoms with van der Waals surface area (Å²) in [5, 5.41) is 4.08. The quantitative estimate of drug-likeness (QED) is 0.617. The minimum absolute atomic E-state index is 0. The second-order valence-corrected chi connectivity index (χ2v) is 3.32. The van der Waals surface area contributed by atoms with Gasteiger partial charge < -0.3 is 11.5 Å². The number of nitrogens with two attached hydrogens (primary N) is 2. The molecule has 0 radical (unpaired) electrons. The first-order valence-electron chi connectivity index (χ1n) is 4.92. The molecule has 2 rings (SSSR count). The van der Waals surface area contributed by atoms with E-state index >= 15 is 0 Å². The van der Waals surface area contributed by atoms with Gasteiger partial charge in [-0.05, 0) is 18.2 Å². The number of carbonyl (C=O) groups excluding carboxylic acids is 1. The average molecular weight is 266 g/mol. The second-order valence-electron chi connectivity index (χ2n) is 3.32. The molecule has 2 aromatic rings. The van der Waals surface area contributed by atoms with Crippen molar-refractivity contribution in [1.29, 1.82) is 0 Å². The number of aliphatic imine (C=N–C) groups is 1. The van der Waals surface area contributed by atoms with Gasteiger partial charge in [-0.1, -0.05) is 18.2 Å². The Morgan fingerprint density at radius 1 is 1.17 bits per heavy atom. The first-order valence-corrected chi connectivity index (χ1v) is 4.92. The van der Waals surface area contributed by atoms with Crippen LogP contribution in [0.1, 0.15) is 10.5 Å². The Balaban J connectivity index is 0.00000162. The SMILES string of the molecule is Cl.NC(N)=NC(=O)c1ccn(-c2ccccc2)n1. The third-order valence-electron chi connectivity index (χ3n) is 2.06. The normalized spacial score (nSPS) is 9.33. The summed E-state index contributed by atoms with van der Waals surface area (Å²) in [6.45, 7) is 0. The molecule has 7 heteroatoms. The molecule has 1 amide bonds. The van der Waals surface area contributed by atoms with Crippen molar-refractivity contribution in [3.05, 3.63) is 48.3 Å². The zero-order valence-electron chi connectivity index (χ0n) is 9.35. The first-order chi connectivity index (χ1) is 8.16. The molecule has 1 aromatic carbocycles. The topological polar surface area (TPSA) is 99.3 Å². The Morgan fingerprint density at radius 3 is 2.44 bits per heavy atom. The fourth-order valence-corrected chi connectivity index (χ4v) is 1.34. The van der Waals surface area contributed by atoms with Crippen molar-refractivity contribution in [3.63, 3.8) is 0 Å². The molecule has 0 bridgehead atoms. The van der Waals surface area contributed by atoms with E-state index in [0.29, 0.717) is 0 Å². The fourth-order valence-electron chi connectivity index (χ4n) is 1.34. The molecule has 1 aromatic heterocycles. The minimum Gasteiger partial charge on any atom is -0.370 e. The van der Waals surface area contributed by atoms with E-state index in [1.807, 2.05) is 30.3 Å². The molecular weight excluding hydrogens is 254 g/mol. The van der Waals surface area contributed by atoms with Gasteiger partial charge in [-0.2, -0.15) is 10.1 Å². The van der Waals surface area contributed by atoms with E-state index in [1.54, 1.807) is 16.9 Å². The molecule has 6 nitrogen and oxygen atoms in total. The Labute approximate surface area is 110 Å². The molecule has 94 valence electrons. The summed E-state index contributed by atoms with van der Waals surface area (Å²) in [5.74, 6) is -0.830. The maximum atomic E-state index is 11.5. The molecule has 1 heterocycles. The summed E-state index contributed by atoms with van der Waals surface area (Å²) < 4.78 is 1.58. The van der Waals surface area contributed by atoms with Gasteiger partial charge in [-0.15, -0.1) is 12.4 Å². The Hall–Kier alpha value is -2.34. The number of para-hydroxylation sites is 1. The van der Waals surface area contributed by atoms with Gasteiger partial charge in [-0.25, -0.2) is 4.68 Å². The lowest BCUT2D eigenvalue weighted by Crippen LogP contribution is -2.24. The lowest BCUT2D eigenvalue weighted by Gasteiger charge is -1.98. The molecule has 0 saturated carbocycles. The summed E-state index contributed by atoms with van der Waals surface area (Å²) in [4.78, 5) is 14.9. The van der Waals surface area contributed by atoms with Crippen LogP contribution < -0.4 is 11.5 Å². The van der Waals surface area contributed by atoms with Gasteiger partial charge in [0.15, 0.2) is 11.7 Å². The number of aromatic nitrogens is 2. The van der Waals surface area contributed by atoms with Gasteiger partial charge in [0.2, 0.25) is 0 Å². The number of amides is 1. The Kier molecular flexibility index (Phi) is 4.45. The van der Waals surface area contributed by atoms with E-state index in [9.17, 15) is 4.79 Å². The standard InChI is InChI=1S/C11H11N5O.ClH/c12-11(13)14-10(17)9-6-7-16(15-9)8-4-2-1-3-5-8;/h1-7H,(H4,12,13,14,17);1H. The van der Waals surface area contributed by atoms with Crippen molar-refractivity contribution in [2.24, 2.45) is 16.5 Å². The third kappa shape index (κ3) is 3.08. The van der Waals surface area contributed by atoms with Crippen LogP contribution in [0.4, 0.5) is 0 Å². The highest BCUT2D eigenvalue weighted by molar-refractivity contribution is 6.00. The summed E-state index contributed by atoms with van der Waals surface area (Å²) in [5.41, 5.74) is 11.3. The van der Waals surface area contributed by atoms with E-state index in [1.165, 1.54) is 0 Å². The van der Waals surface area contributed by atoms with Gasteiger partial charge in [0, 0.05) is 6.20 Å². The molecule has 0 aliphatic carbocycles.